The minimum Gasteiger partial charge on any atom is -0.489 e. The molecule has 1 fully saturated rings. The van der Waals surface area contributed by atoms with E-state index < -0.39 is 6.04 Å². The number of piperazine rings is 1. The fraction of sp³-hybridized carbons (Fsp3) is 0.381. The second kappa shape index (κ2) is 12.6. The van der Waals surface area contributed by atoms with E-state index in [2.05, 4.69) is 4.90 Å². The van der Waals surface area contributed by atoms with Crippen LogP contribution < -0.4 is 15.4 Å². The van der Waals surface area contributed by atoms with E-state index in [4.69, 9.17) is 15.2 Å². The molecule has 30 heavy (non-hydrogen) atoms. The number of amides is 1. The normalized spacial score (nSPS) is 14.4. The van der Waals surface area contributed by atoms with Gasteiger partial charge in [0.05, 0.1) is 6.61 Å². The van der Waals surface area contributed by atoms with Gasteiger partial charge >= 0.3 is 0 Å². The summed E-state index contributed by atoms with van der Waals surface area (Å²) in [4.78, 5) is 16.3. The first kappa shape index (κ1) is 26.0. The van der Waals surface area contributed by atoms with Crippen LogP contribution in [0.15, 0.2) is 48.5 Å². The Kier molecular flexibility index (Phi) is 10.9. The Morgan fingerprint density at radius 3 is 2.40 bits per heavy atom. The van der Waals surface area contributed by atoms with Crippen molar-refractivity contribution in [3.8, 4) is 5.75 Å². The lowest BCUT2D eigenvalue weighted by molar-refractivity contribution is -0.134. The predicted molar refractivity (Wildman–Crippen MR) is 120 cm³/mol. The monoisotopic (exact) mass is 459 g/mol. The molecule has 3 rings (SSSR count). The Hall–Kier alpha value is -2.06. The van der Waals surface area contributed by atoms with Gasteiger partial charge in [-0.25, -0.2) is 4.39 Å². The molecular formula is C21H28Cl2FN3O3. The lowest BCUT2D eigenvalue weighted by Crippen LogP contribution is -2.54. The van der Waals surface area contributed by atoms with Gasteiger partial charge in [-0.2, -0.15) is 0 Å². The van der Waals surface area contributed by atoms with Crippen LogP contribution in [0.5, 0.6) is 5.75 Å². The highest BCUT2D eigenvalue weighted by Crippen LogP contribution is 2.23. The molecule has 1 aliphatic rings. The molecule has 2 aromatic carbocycles. The lowest BCUT2D eigenvalue weighted by atomic mass is 10.2. The summed E-state index contributed by atoms with van der Waals surface area (Å²) < 4.78 is 23.8. The van der Waals surface area contributed by atoms with Crippen LogP contribution in [0.2, 0.25) is 0 Å². The molecule has 2 N–H and O–H groups in total. The molecule has 0 spiro atoms. The van der Waals surface area contributed by atoms with Gasteiger partial charge in [0.25, 0.3) is 0 Å². The van der Waals surface area contributed by atoms with Crippen molar-refractivity contribution in [1.82, 2.24) is 4.90 Å². The maximum absolute atomic E-state index is 13.0. The van der Waals surface area contributed by atoms with E-state index in [1.165, 1.54) is 19.2 Å². The van der Waals surface area contributed by atoms with E-state index in [1.807, 2.05) is 24.3 Å². The first-order valence-electron chi connectivity index (χ1n) is 9.32. The van der Waals surface area contributed by atoms with Crippen LogP contribution in [-0.2, 0) is 16.1 Å². The van der Waals surface area contributed by atoms with Crippen LogP contribution >= 0.6 is 24.8 Å². The molecular weight excluding hydrogens is 432 g/mol. The van der Waals surface area contributed by atoms with Crippen molar-refractivity contribution in [2.45, 2.75) is 12.6 Å². The van der Waals surface area contributed by atoms with Gasteiger partial charge in [-0.05, 0) is 29.8 Å². The Balaban J connectivity index is 0.00000225. The molecule has 1 aliphatic heterocycles. The van der Waals surface area contributed by atoms with E-state index in [9.17, 15) is 9.18 Å². The van der Waals surface area contributed by atoms with Gasteiger partial charge in [-0.1, -0.05) is 18.2 Å². The third-order valence-corrected chi connectivity index (χ3v) is 4.76. The van der Waals surface area contributed by atoms with Gasteiger partial charge in [-0.3, -0.25) is 4.79 Å². The molecule has 1 atom stereocenters. The number of anilines is 1. The molecule has 1 unspecified atom stereocenters. The second-order valence-electron chi connectivity index (χ2n) is 6.79. The van der Waals surface area contributed by atoms with Gasteiger partial charge in [-0.15, -0.1) is 24.8 Å². The summed E-state index contributed by atoms with van der Waals surface area (Å²) in [5, 5.41) is 0. The van der Waals surface area contributed by atoms with Gasteiger partial charge in [0.15, 0.2) is 0 Å². The number of carbonyl (C=O) groups is 1. The van der Waals surface area contributed by atoms with Gasteiger partial charge in [0.1, 0.15) is 24.2 Å². The Labute approximate surface area is 188 Å². The van der Waals surface area contributed by atoms with E-state index in [0.717, 1.165) is 30.1 Å². The highest BCUT2D eigenvalue weighted by atomic mass is 35.5. The molecule has 1 saturated heterocycles. The summed E-state index contributed by atoms with van der Waals surface area (Å²) in [5.74, 6) is 0.423. The average Bonchev–Trinajstić information content (AvgIpc) is 2.73. The number of carbonyl (C=O) groups excluding carboxylic acids is 1. The van der Waals surface area contributed by atoms with Crippen molar-refractivity contribution < 1.29 is 18.7 Å². The zero-order valence-electron chi connectivity index (χ0n) is 16.8. The zero-order valence-corrected chi connectivity index (χ0v) is 18.5. The van der Waals surface area contributed by atoms with Crippen molar-refractivity contribution in [3.63, 3.8) is 0 Å². The van der Waals surface area contributed by atoms with Gasteiger partial charge < -0.3 is 25.0 Å². The number of nitrogens with zero attached hydrogens (tertiary/aromatic N) is 2. The van der Waals surface area contributed by atoms with Crippen LogP contribution in [0.3, 0.4) is 0 Å². The number of hydrogen-bond acceptors (Lipinski definition) is 5. The van der Waals surface area contributed by atoms with Crippen molar-refractivity contribution in [1.29, 1.82) is 0 Å². The second-order valence-corrected chi connectivity index (χ2v) is 6.79. The number of benzene rings is 2. The molecule has 1 amide bonds. The molecule has 0 aromatic heterocycles. The summed E-state index contributed by atoms with van der Waals surface area (Å²) in [6.45, 7) is 3.31. The molecule has 166 valence electrons. The van der Waals surface area contributed by atoms with Crippen LogP contribution in [0.1, 0.15) is 5.56 Å². The third kappa shape index (κ3) is 7.02. The summed E-state index contributed by atoms with van der Waals surface area (Å²) in [6, 6.07) is 13.5. The van der Waals surface area contributed by atoms with Crippen molar-refractivity contribution in [2.75, 3.05) is 44.8 Å². The summed E-state index contributed by atoms with van der Waals surface area (Å²) in [5.41, 5.74) is 7.80. The summed E-state index contributed by atoms with van der Waals surface area (Å²) >= 11 is 0. The fourth-order valence-corrected chi connectivity index (χ4v) is 3.19. The molecule has 6 nitrogen and oxygen atoms in total. The van der Waals surface area contributed by atoms with E-state index in [1.54, 1.807) is 17.0 Å². The molecule has 0 aliphatic carbocycles. The molecule has 2 aromatic rings. The maximum atomic E-state index is 13.0. The summed E-state index contributed by atoms with van der Waals surface area (Å²) in [6.07, 6.45) is 0. The highest BCUT2D eigenvalue weighted by molar-refractivity contribution is 5.85. The minimum atomic E-state index is -0.611. The smallest absolute Gasteiger partial charge is 0.241 e. The largest absolute Gasteiger partial charge is 0.489 e. The fourth-order valence-electron chi connectivity index (χ4n) is 3.19. The van der Waals surface area contributed by atoms with Crippen LogP contribution in [0, 0.1) is 5.82 Å². The van der Waals surface area contributed by atoms with Crippen LogP contribution in [-0.4, -0.2) is 56.7 Å². The average molecular weight is 460 g/mol. The number of nitrogens with two attached hydrogens (primary N) is 1. The number of hydrogen-bond donors (Lipinski definition) is 1. The third-order valence-electron chi connectivity index (χ3n) is 4.76. The predicted octanol–water partition coefficient (Wildman–Crippen LogP) is 2.87. The SMILES string of the molecule is COCC(N)C(=O)N1CCN(c2cccc(OCc3ccc(F)cc3)c2)CC1.Cl.Cl. The topological polar surface area (TPSA) is 68.0 Å². The van der Waals surface area contributed by atoms with Crippen LogP contribution in [0.25, 0.3) is 0 Å². The maximum Gasteiger partial charge on any atom is 0.241 e. The molecule has 9 heteroatoms. The Morgan fingerprint density at radius 2 is 1.77 bits per heavy atom. The standard InChI is InChI=1S/C21H26FN3O3.2ClH/c1-27-15-20(23)21(26)25-11-9-24(10-12-25)18-3-2-4-19(13-18)28-14-16-5-7-17(22)8-6-16;;/h2-8,13,20H,9-12,14-15,23H2,1H3;2*1H. The molecule has 0 radical (unpaired) electrons. The quantitative estimate of drug-likeness (QED) is 0.689. The van der Waals surface area contributed by atoms with Crippen molar-refractivity contribution in [2.24, 2.45) is 5.73 Å². The minimum absolute atomic E-state index is 0. The number of ether oxygens (including phenoxy) is 2. The van der Waals surface area contributed by atoms with E-state index >= 15 is 0 Å². The number of halogens is 3. The first-order valence-corrected chi connectivity index (χ1v) is 9.32. The molecule has 1 heterocycles. The van der Waals surface area contributed by atoms with Crippen molar-refractivity contribution >= 4 is 36.4 Å². The first-order chi connectivity index (χ1) is 13.6. The lowest BCUT2D eigenvalue weighted by Gasteiger charge is -2.37. The van der Waals surface area contributed by atoms with Crippen molar-refractivity contribution in [3.05, 3.63) is 59.9 Å². The van der Waals surface area contributed by atoms with E-state index in [0.29, 0.717) is 19.7 Å². The summed E-state index contributed by atoms with van der Waals surface area (Å²) in [7, 11) is 1.54. The number of methoxy groups -OCH3 is 1. The van der Waals surface area contributed by atoms with Crippen LogP contribution in [0.4, 0.5) is 10.1 Å². The zero-order chi connectivity index (χ0) is 19.9. The van der Waals surface area contributed by atoms with Gasteiger partial charge in [0, 0.05) is 45.0 Å². The Morgan fingerprint density at radius 1 is 1.10 bits per heavy atom. The Bertz CT molecular complexity index is 787. The number of rotatable bonds is 7. The molecule has 0 bridgehead atoms. The highest BCUT2D eigenvalue weighted by Gasteiger charge is 2.25. The van der Waals surface area contributed by atoms with Gasteiger partial charge in [0.2, 0.25) is 5.91 Å². The molecule has 0 saturated carbocycles. The van der Waals surface area contributed by atoms with E-state index in [-0.39, 0.29) is 43.1 Å².